The smallest absolute Gasteiger partial charge is 0.0281 e. The van der Waals surface area contributed by atoms with Gasteiger partial charge in [-0.2, -0.15) is 0 Å². The highest BCUT2D eigenvalue weighted by Gasteiger charge is 2.32. The van der Waals surface area contributed by atoms with E-state index in [9.17, 15) is 0 Å². The SMILES string of the molecule is CCCC1CCCCN1CC(C)(C)N1CCNCC1. The molecule has 0 bridgehead atoms. The average Bonchev–Trinajstić information content (AvgIpc) is 2.42. The Kier molecular flexibility index (Phi) is 5.67. The Hall–Kier alpha value is -0.120. The van der Waals surface area contributed by atoms with Crippen molar-refractivity contribution in [2.24, 2.45) is 0 Å². The number of piperazine rings is 1. The zero-order valence-corrected chi connectivity index (χ0v) is 13.2. The van der Waals surface area contributed by atoms with Gasteiger partial charge < -0.3 is 5.32 Å². The lowest BCUT2D eigenvalue weighted by atomic mass is 9.94. The lowest BCUT2D eigenvalue weighted by molar-refractivity contribution is 0.0323. The highest BCUT2D eigenvalue weighted by Crippen LogP contribution is 2.25. The number of nitrogens with zero attached hydrogens (tertiary/aromatic N) is 2. The Labute approximate surface area is 119 Å². The second kappa shape index (κ2) is 7.05. The molecule has 0 aromatic heterocycles. The maximum absolute atomic E-state index is 3.46. The van der Waals surface area contributed by atoms with Crippen LogP contribution in [-0.2, 0) is 0 Å². The summed E-state index contributed by atoms with van der Waals surface area (Å²) in [4.78, 5) is 5.47. The number of nitrogens with one attached hydrogen (secondary N) is 1. The van der Waals surface area contributed by atoms with E-state index < -0.39 is 0 Å². The molecule has 0 saturated carbocycles. The quantitative estimate of drug-likeness (QED) is 0.825. The van der Waals surface area contributed by atoms with Crippen LogP contribution in [0.4, 0.5) is 0 Å². The van der Waals surface area contributed by atoms with Gasteiger partial charge in [0.15, 0.2) is 0 Å². The van der Waals surface area contributed by atoms with Gasteiger partial charge in [0.1, 0.15) is 0 Å². The van der Waals surface area contributed by atoms with Crippen molar-refractivity contribution in [3.8, 4) is 0 Å². The number of hydrogen-bond acceptors (Lipinski definition) is 3. The van der Waals surface area contributed by atoms with Crippen LogP contribution in [0.15, 0.2) is 0 Å². The molecule has 2 rings (SSSR count). The molecule has 0 aliphatic carbocycles. The van der Waals surface area contributed by atoms with Crippen LogP contribution in [0.2, 0.25) is 0 Å². The molecular formula is C16H33N3. The third-order valence-corrected chi connectivity index (χ3v) is 4.93. The monoisotopic (exact) mass is 267 g/mol. The average molecular weight is 267 g/mol. The Bertz CT molecular complexity index is 257. The lowest BCUT2D eigenvalue weighted by Crippen LogP contribution is -2.59. The first kappa shape index (κ1) is 15.3. The van der Waals surface area contributed by atoms with Gasteiger partial charge in [-0.05, 0) is 39.7 Å². The van der Waals surface area contributed by atoms with Gasteiger partial charge in [-0.25, -0.2) is 0 Å². The minimum absolute atomic E-state index is 0.325. The van der Waals surface area contributed by atoms with Gasteiger partial charge in [0.05, 0.1) is 0 Å². The van der Waals surface area contributed by atoms with E-state index in [-0.39, 0.29) is 0 Å². The first-order valence-electron chi connectivity index (χ1n) is 8.33. The standard InChI is InChI=1S/C16H33N3/c1-4-7-15-8-5-6-11-18(15)14-16(2,3)19-12-9-17-10-13-19/h15,17H,4-14H2,1-3H3. The van der Waals surface area contributed by atoms with Gasteiger partial charge in [0.2, 0.25) is 0 Å². The van der Waals surface area contributed by atoms with Crippen molar-refractivity contribution in [2.75, 3.05) is 39.3 Å². The number of hydrogen-bond donors (Lipinski definition) is 1. The molecule has 19 heavy (non-hydrogen) atoms. The third-order valence-electron chi connectivity index (χ3n) is 4.93. The normalized spacial score (nSPS) is 27.6. The van der Waals surface area contributed by atoms with Gasteiger partial charge in [-0.3, -0.25) is 9.80 Å². The van der Waals surface area contributed by atoms with Crippen LogP contribution in [0.1, 0.15) is 52.9 Å². The molecule has 3 heteroatoms. The van der Waals surface area contributed by atoms with Crippen LogP contribution >= 0.6 is 0 Å². The molecule has 1 N–H and O–H groups in total. The maximum Gasteiger partial charge on any atom is 0.0281 e. The first-order valence-corrected chi connectivity index (χ1v) is 8.33. The summed E-state index contributed by atoms with van der Waals surface area (Å²) in [7, 11) is 0. The van der Waals surface area contributed by atoms with E-state index in [0.29, 0.717) is 5.54 Å². The van der Waals surface area contributed by atoms with Gasteiger partial charge in [0, 0.05) is 44.3 Å². The van der Waals surface area contributed by atoms with Crippen LogP contribution < -0.4 is 5.32 Å². The molecule has 112 valence electrons. The van der Waals surface area contributed by atoms with E-state index in [0.717, 1.165) is 19.1 Å². The minimum atomic E-state index is 0.325. The van der Waals surface area contributed by atoms with Crippen LogP contribution in [0.5, 0.6) is 0 Å². The van der Waals surface area contributed by atoms with E-state index in [2.05, 4.69) is 35.9 Å². The molecular weight excluding hydrogens is 234 g/mol. The summed E-state index contributed by atoms with van der Waals surface area (Å²) in [6, 6.07) is 0.848. The molecule has 2 fully saturated rings. The largest absolute Gasteiger partial charge is 0.314 e. The van der Waals surface area contributed by atoms with Gasteiger partial charge >= 0.3 is 0 Å². The molecule has 2 saturated heterocycles. The van der Waals surface area contributed by atoms with Gasteiger partial charge in [0.25, 0.3) is 0 Å². The molecule has 1 atom stereocenters. The number of likely N-dealkylation sites (tertiary alicyclic amines) is 1. The second-order valence-electron chi connectivity index (χ2n) is 6.96. The molecule has 0 aromatic rings. The van der Waals surface area contributed by atoms with Crippen molar-refractivity contribution in [3.63, 3.8) is 0 Å². The lowest BCUT2D eigenvalue weighted by Gasteiger charge is -2.47. The van der Waals surface area contributed by atoms with Crippen molar-refractivity contribution in [2.45, 2.75) is 64.5 Å². The third kappa shape index (κ3) is 4.17. The van der Waals surface area contributed by atoms with Crippen LogP contribution in [-0.4, -0.2) is 60.6 Å². The van der Waals surface area contributed by atoms with E-state index in [1.165, 1.54) is 58.3 Å². The topological polar surface area (TPSA) is 18.5 Å². The summed E-state index contributed by atoms with van der Waals surface area (Å²) in [5, 5.41) is 3.46. The van der Waals surface area contributed by atoms with Crippen molar-refractivity contribution >= 4 is 0 Å². The Balaban J connectivity index is 1.92. The Morgan fingerprint density at radius 2 is 1.84 bits per heavy atom. The van der Waals surface area contributed by atoms with E-state index >= 15 is 0 Å². The molecule has 0 spiro atoms. The second-order valence-corrected chi connectivity index (χ2v) is 6.96. The van der Waals surface area contributed by atoms with Crippen LogP contribution in [0.25, 0.3) is 0 Å². The summed E-state index contributed by atoms with van der Waals surface area (Å²) in [6.45, 7) is 14.5. The zero-order valence-electron chi connectivity index (χ0n) is 13.2. The number of piperidine rings is 1. The van der Waals surface area contributed by atoms with E-state index in [1.807, 2.05) is 0 Å². The van der Waals surface area contributed by atoms with E-state index in [4.69, 9.17) is 0 Å². The predicted octanol–water partition coefficient (Wildman–Crippen LogP) is 2.32. The summed E-state index contributed by atoms with van der Waals surface area (Å²) >= 11 is 0. The zero-order chi connectivity index (χ0) is 13.7. The predicted molar refractivity (Wildman–Crippen MR) is 82.6 cm³/mol. The fourth-order valence-corrected chi connectivity index (χ4v) is 3.80. The fourth-order valence-electron chi connectivity index (χ4n) is 3.80. The highest BCUT2D eigenvalue weighted by molar-refractivity contribution is 4.90. The minimum Gasteiger partial charge on any atom is -0.314 e. The molecule has 2 aliphatic rings. The molecule has 0 aromatic carbocycles. The summed E-state index contributed by atoms with van der Waals surface area (Å²) in [5.74, 6) is 0. The molecule has 1 unspecified atom stereocenters. The Morgan fingerprint density at radius 1 is 1.11 bits per heavy atom. The van der Waals surface area contributed by atoms with Gasteiger partial charge in [-0.1, -0.05) is 19.8 Å². The summed E-state index contributed by atoms with van der Waals surface area (Å²) < 4.78 is 0. The molecule has 2 heterocycles. The molecule has 0 radical (unpaired) electrons. The van der Waals surface area contributed by atoms with Crippen molar-refractivity contribution in [1.82, 2.24) is 15.1 Å². The first-order chi connectivity index (χ1) is 9.13. The molecule has 3 nitrogen and oxygen atoms in total. The fraction of sp³-hybridized carbons (Fsp3) is 1.00. The van der Waals surface area contributed by atoms with Gasteiger partial charge in [-0.15, -0.1) is 0 Å². The van der Waals surface area contributed by atoms with Crippen molar-refractivity contribution in [1.29, 1.82) is 0 Å². The summed E-state index contributed by atoms with van der Waals surface area (Å²) in [5.41, 5.74) is 0.325. The van der Waals surface area contributed by atoms with E-state index in [1.54, 1.807) is 0 Å². The van der Waals surface area contributed by atoms with Crippen molar-refractivity contribution in [3.05, 3.63) is 0 Å². The van der Waals surface area contributed by atoms with Crippen LogP contribution in [0.3, 0.4) is 0 Å². The van der Waals surface area contributed by atoms with Crippen LogP contribution in [0, 0.1) is 0 Å². The van der Waals surface area contributed by atoms with Crippen molar-refractivity contribution < 1.29 is 0 Å². The molecule has 0 amide bonds. The maximum atomic E-state index is 3.46. The summed E-state index contributed by atoms with van der Waals surface area (Å²) in [6.07, 6.45) is 6.98. The number of rotatable bonds is 5. The highest BCUT2D eigenvalue weighted by atomic mass is 15.3. The Morgan fingerprint density at radius 3 is 2.53 bits per heavy atom. The molecule has 2 aliphatic heterocycles.